The van der Waals surface area contributed by atoms with Crippen LogP contribution in [-0.2, 0) is 9.59 Å². The van der Waals surface area contributed by atoms with Crippen LogP contribution in [0.5, 0.6) is 0 Å². The summed E-state index contributed by atoms with van der Waals surface area (Å²) in [6.07, 6.45) is 0. The number of carbonyl (C=O) groups excluding carboxylic acids is 2. The van der Waals surface area contributed by atoms with Gasteiger partial charge in [0.05, 0.1) is 0 Å². The van der Waals surface area contributed by atoms with Crippen molar-refractivity contribution in [3.8, 4) is 0 Å². The summed E-state index contributed by atoms with van der Waals surface area (Å²) < 4.78 is -0.0321. The minimum atomic E-state index is -0.393. The Kier molecular flexibility index (Phi) is 4.16. The maximum Gasteiger partial charge on any atom is 0.217 e. The summed E-state index contributed by atoms with van der Waals surface area (Å²) in [6, 6.07) is -0.393. The molecule has 0 fully saturated rings. The standard InChI is InChI=1S/C8H14INO2/c1-5(11)10-6(7(9)12)8(2,3)4/h6H,1-4H3,(H,10,11). The molecule has 0 aliphatic rings. The third-order valence-electron chi connectivity index (χ3n) is 1.44. The maximum atomic E-state index is 11.1. The normalized spacial score (nSPS) is 13.8. The molecule has 70 valence electrons. The van der Waals surface area contributed by atoms with Gasteiger partial charge in [0.25, 0.3) is 0 Å². The first-order valence-electron chi connectivity index (χ1n) is 3.71. The zero-order chi connectivity index (χ0) is 9.94. The highest BCUT2D eigenvalue weighted by Crippen LogP contribution is 2.21. The Morgan fingerprint density at radius 3 is 1.83 bits per heavy atom. The maximum absolute atomic E-state index is 11.1. The first-order chi connectivity index (χ1) is 5.25. The molecule has 0 saturated carbocycles. The van der Waals surface area contributed by atoms with E-state index in [0.717, 1.165) is 0 Å². The number of rotatable bonds is 2. The number of hydrogen-bond acceptors (Lipinski definition) is 2. The molecule has 0 aromatic carbocycles. The lowest BCUT2D eigenvalue weighted by Crippen LogP contribution is -2.46. The molecule has 0 aromatic rings. The molecule has 0 spiro atoms. The van der Waals surface area contributed by atoms with Crippen LogP contribution < -0.4 is 5.32 Å². The summed E-state index contributed by atoms with van der Waals surface area (Å²) in [4.78, 5) is 21.8. The SMILES string of the molecule is CC(=O)NC(C(=O)I)C(C)(C)C. The van der Waals surface area contributed by atoms with Crippen LogP contribution in [0.1, 0.15) is 27.7 Å². The number of amides is 1. The van der Waals surface area contributed by atoms with Gasteiger partial charge in [-0.3, -0.25) is 9.59 Å². The molecule has 0 saturated heterocycles. The van der Waals surface area contributed by atoms with Crippen LogP contribution in [0.25, 0.3) is 0 Å². The molecule has 1 amide bonds. The Morgan fingerprint density at radius 2 is 1.75 bits per heavy atom. The Bertz CT molecular complexity index is 196. The monoisotopic (exact) mass is 283 g/mol. The zero-order valence-electron chi connectivity index (χ0n) is 7.77. The van der Waals surface area contributed by atoms with Crippen molar-refractivity contribution >= 4 is 32.3 Å². The lowest BCUT2D eigenvalue weighted by atomic mass is 9.88. The molecule has 1 unspecified atom stereocenters. The summed E-state index contributed by atoms with van der Waals surface area (Å²) in [6.45, 7) is 7.18. The van der Waals surface area contributed by atoms with E-state index in [-0.39, 0.29) is 15.1 Å². The minimum Gasteiger partial charge on any atom is -0.345 e. The van der Waals surface area contributed by atoms with E-state index in [0.29, 0.717) is 0 Å². The highest BCUT2D eigenvalue weighted by Gasteiger charge is 2.30. The first-order valence-corrected chi connectivity index (χ1v) is 4.79. The zero-order valence-corrected chi connectivity index (χ0v) is 9.93. The van der Waals surface area contributed by atoms with Gasteiger partial charge in [0, 0.05) is 29.5 Å². The van der Waals surface area contributed by atoms with Crippen LogP contribution in [0.4, 0.5) is 0 Å². The van der Waals surface area contributed by atoms with Gasteiger partial charge in [-0.15, -0.1) is 0 Å². The smallest absolute Gasteiger partial charge is 0.217 e. The molecule has 0 bridgehead atoms. The number of nitrogens with one attached hydrogen (secondary N) is 1. The molecule has 12 heavy (non-hydrogen) atoms. The predicted molar refractivity (Wildman–Crippen MR) is 56.1 cm³/mol. The van der Waals surface area contributed by atoms with E-state index in [4.69, 9.17) is 0 Å². The molecular weight excluding hydrogens is 269 g/mol. The molecule has 4 heteroatoms. The van der Waals surface area contributed by atoms with Gasteiger partial charge >= 0.3 is 0 Å². The minimum absolute atomic E-state index is 0.0321. The lowest BCUT2D eigenvalue weighted by molar-refractivity contribution is -0.124. The van der Waals surface area contributed by atoms with E-state index in [1.165, 1.54) is 6.92 Å². The van der Waals surface area contributed by atoms with Crippen LogP contribution in [0.15, 0.2) is 0 Å². The van der Waals surface area contributed by atoms with Gasteiger partial charge in [-0.1, -0.05) is 20.8 Å². The number of halogens is 1. The van der Waals surface area contributed by atoms with E-state index < -0.39 is 6.04 Å². The van der Waals surface area contributed by atoms with E-state index >= 15 is 0 Å². The van der Waals surface area contributed by atoms with Crippen LogP contribution >= 0.6 is 22.6 Å². The fraction of sp³-hybridized carbons (Fsp3) is 0.750. The van der Waals surface area contributed by atoms with E-state index in [2.05, 4.69) is 5.32 Å². The highest BCUT2D eigenvalue weighted by atomic mass is 127. The molecule has 3 nitrogen and oxygen atoms in total. The van der Waals surface area contributed by atoms with Gasteiger partial charge in [0.1, 0.15) is 6.04 Å². The topological polar surface area (TPSA) is 46.2 Å². The number of hydrogen-bond donors (Lipinski definition) is 1. The van der Waals surface area contributed by atoms with Crippen molar-refractivity contribution in [2.75, 3.05) is 0 Å². The Hall–Kier alpha value is -0.130. The molecule has 0 rings (SSSR count). The van der Waals surface area contributed by atoms with Crippen molar-refractivity contribution in [1.82, 2.24) is 5.32 Å². The second kappa shape index (κ2) is 4.20. The third-order valence-corrected chi connectivity index (χ3v) is 2.06. The van der Waals surface area contributed by atoms with Crippen LogP contribution in [0.3, 0.4) is 0 Å². The second-order valence-corrected chi connectivity index (χ2v) is 4.87. The highest BCUT2D eigenvalue weighted by molar-refractivity contribution is 14.1. The van der Waals surface area contributed by atoms with Gasteiger partial charge in [-0.2, -0.15) is 0 Å². The fourth-order valence-corrected chi connectivity index (χ4v) is 1.91. The number of carbonyl (C=O) groups is 2. The van der Waals surface area contributed by atoms with E-state index in [1.54, 1.807) is 22.6 Å². The molecule has 0 aliphatic heterocycles. The summed E-state index contributed by atoms with van der Waals surface area (Å²) in [5, 5.41) is 2.62. The van der Waals surface area contributed by atoms with Gasteiger partial charge in [0.2, 0.25) is 9.70 Å². The molecule has 0 aliphatic carbocycles. The van der Waals surface area contributed by atoms with E-state index in [9.17, 15) is 9.59 Å². The van der Waals surface area contributed by atoms with Gasteiger partial charge < -0.3 is 5.32 Å². The van der Waals surface area contributed by atoms with Crippen molar-refractivity contribution in [1.29, 1.82) is 0 Å². The molecule has 1 N–H and O–H groups in total. The molecule has 0 heterocycles. The van der Waals surface area contributed by atoms with Crippen LogP contribution in [-0.4, -0.2) is 15.7 Å². The van der Waals surface area contributed by atoms with Crippen molar-refractivity contribution < 1.29 is 9.59 Å². The molecule has 0 aromatic heterocycles. The van der Waals surface area contributed by atoms with Crippen molar-refractivity contribution in [3.63, 3.8) is 0 Å². The molecule has 1 atom stereocenters. The third kappa shape index (κ3) is 4.04. The summed E-state index contributed by atoms with van der Waals surface area (Å²) in [5.74, 6) is -0.167. The van der Waals surface area contributed by atoms with Gasteiger partial charge in [0.15, 0.2) is 0 Å². The average molecular weight is 283 g/mol. The van der Waals surface area contributed by atoms with Crippen molar-refractivity contribution in [2.45, 2.75) is 33.7 Å². The largest absolute Gasteiger partial charge is 0.345 e. The lowest BCUT2D eigenvalue weighted by Gasteiger charge is -2.27. The van der Waals surface area contributed by atoms with E-state index in [1.807, 2.05) is 20.8 Å². The summed E-state index contributed by atoms with van der Waals surface area (Å²) >= 11 is 1.71. The predicted octanol–water partition coefficient (Wildman–Crippen LogP) is 1.50. The summed E-state index contributed by atoms with van der Waals surface area (Å²) in [5.41, 5.74) is -0.218. The first kappa shape index (κ1) is 11.9. The van der Waals surface area contributed by atoms with Crippen molar-refractivity contribution in [3.05, 3.63) is 0 Å². The Balaban J connectivity index is 4.46. The summed E-state index contributed by atoms with van der Waals surface area (Å²) in [7, 11) is 0. The molecule has 0 radical (unpaired) electrons. The fourth-order valence-electron chi connectivity index (χ4n) is 0.817. The Morgan fingerprint density at radius 1 is 1.33 bits per heavy atom. The Labute approximate surface area is 86.4 Å². The second-order valence-electron chi connectivity index (χ2n) is 3.80. The average Bonchev–Trinajstić information content (AvgIpc) is 1.79. The van der Waals surface area contributed by atoms with Crippen LogP contribution in [0.2, 0.25) is 0 Å². The van der Waals surface area contributed by atoms with Gasteiger partial charge in [-0.05, 0) is 5.41 Å². The quantitative estimate of drug-likeness (QED) is 0.616. The van der Waals surface area contributed by atoms with Gasteiger partial charge in [-0.25, -0.2) is 0 Å². The van der Waals surface area contributed by atoms with Crippen LogP contribution in [0, 0.1) is 5.41 Å². The molecular formula is C8H14INO2. The van der Waals surface area contributed by atoms with Crippen molar-refractivity contribution in [2.24, 2.45) is 5.41 Å².